The van der Waals surface area contributed by atoms with Crippen LogP contribution in [0.2, 0.25) is 0 Å². The monoisotopic (exact) mass is 352 g/mol. The minimum atomic E-state index is -0.211. The molecule has 1 aromatic heterocycles. The molecule has 134 valence electrons. The molecule has 3 aromatic rings. The van der Waals surface area contributed by atoms with Gasteiger partial charge in [-0.3, -0.25) is 9.59 Å². The lowest BCUT2D eigenvalue weighted by Crippen LogP contribution is -2.22. The predicted octanol–water partition coefficient (Wildman–Crippen LogP) is 2.97. The number of amides is 1. The van der Waals surface area contributed by atoms with Gasteiger partial charge in [0.25, 0.3) is 0 Å². The van der Waals surface area contributed by atoms with Gasteiger partial charge in [0.2, 0.25) is 5.91 Å². The number of pyridine rings is 1. The molecule has 1 amide bonds. The Balaban J connectivity index is 1.97. The number of carbonyl (C=O) groups excluding carboxylic acids is 1. The van der Waals surface area contributed by atoms with Crippen molar-refractivity contribution < 1.29 is 14.3 Å². The first-order valence-electron chi connectivity index (χ1n) is 8.14. The minimum absolute atomic E-state index is 0.0558. The Morgan fingerprint density at radius 1 is 1.08 bits per heavy atom. The Labute approximate surface area is 151 Å². The van der Waals surface area contributed by atoms with Crippen molar-refractivity contribution in [1.29, 1.82) is 0 Å². The van der Waals surface area contributed by atoms with Gasteiger partial charge >= 0.3 is 0 Å². The minimum Gasteiger partial charge on any atom is -0.497 e. The standard InChI is InChI=1S/C20H20N2O4/c1-13-10-17(23)16-8-5-9-18(26-3)20(16)22(13)12-19(24)21-14-6-4-7-15(11-14)25-2/h4-11H,12H2,1-3H3,(H,21,24). The normalized spacial score (nSPS) is 10.6. The summed E-state index contributed by atoms with van der Waals surface area (Å²) in [6.07, 6.45) is 0. The number of nitrogens with one attached hydrogen (secondary N) is 1. The second kappa shape index (κ2) is 7.31. The van der Waals surface area contributed by atoms with E-state index in [0.717, 1.165) is 0 Å². The lowest BCUT2D eigenvalue weighted by molar-refractivity contribution is -0.116. The van der Waals surface area contributed by atoms with Gasteiger partial charge < -0.3 is 19.4 Å². The molecule has 2 aromatic carbocycles. The van der Waals surface area contributed by atoms with Gasteiger partial charge in [0.1, 0.15) is 18.0 Å². The molecule has 0 unspecified atom stereocenters. The molecular formula is C20H20N2O4. The molecule has 0 aliphatic heterocycles. The highest BCUT2D eigenvalue weighted by atomic mass is 16.5. The van der Waals surface area contributed by atoms with Gasteiger partial charge in [-0.2, -0.15) is 0 Å². The third-order valence-corrected chi connectivity index (χ3v) is 4.18. The number of hydrogen-bond donors (Lipinski definition) is 1. The van der Waals surface area contributed by atoms with E-state index in [2.05, 4.69) is 5.32 Å². The van der Waals surface area contributed by atoms with Crippen molar-refractivity contribution in [3.05, 3.63) is 64.4 Å². The van der Waals surface area contributed by atoms with Crippen molar-refractivity contribution >= 4 is 22.5 Å². The molecule has 0 saturated carbocycles. The fourth-order valence-electron chi connectivity index (χ4n) is 2.93. The van der Waals surface area contributed by atoms with Crippen LogP contribution in [-0.4, -0.2) is 24.7 Å². The lowest BCUT2D eigenvalue weighted by Gasteiger charge is -2.17. The molecule has 26 heavy (non-hydrogen) atoms. The van der Waals surface area contributed by atoms with Crippen molar-refractivity contribution in [3.8, 4) is 11.5 Å². The van der Waals surface area contributed by atoms with E-state index in [9.17, 15) is 9.59 Å². The zero-order chi connectivity index (χ0) is 18.7. The van der Waals surface area contributed by atoms with Crippen molar-refractivity contribution in [1.82, 2.24) is 4.57 Å². The van der Waals surface area contributed by atoms with Crippen molar-refractivity contribution in [2.75, 3.05) is 19.5 Å². The smallest absolute Gasteiger partial charge is 0.244 e. The summed E-state index contributed by atoms with van der Waals surface area (Å²) in [7, 11) is 3.12. The molecule has 0 bridgehead atoms. The number of nitrogens with zero attached hydrogens (tertiary/aromatic N) is 1. The third-order valence-electron chi connectivity index (χ3n) is 4.18. The number of rotatable bonds is 5. The Hall–Kier alpha value is -3.28. The van der Waals surface area contributed by atoms with Crippen LogP contribution in [-0.2, 0) is 11.3 Å². The van der Waals surface area contributed by atoms with Gasteiger partial charge in [-0.15, -0.1) is 0 Å². The summed E-state index contributed by atoms with van der Waals surface area (Å²) in [6.45, 7) is 1.85. The molecule has 0 atom stereocenters. The number of para-hydroxylation sites is 1. The maximum atomic E-state index is 12.6. The summed E-state index contributed by atoms with van der Waals surface area (Å²) < 4.78 is 12.4. The first-order chi connectivity index (χ1) is 12.5. The molecular weight excluding hydrogens is 332 g/mol. The number of aromatic nitrogens is 1. The van der Waals surface area contributed by atoms with E-state index >= 15 is 0 Å². The molecule has 0 saturated heterocycles. The Morgan fingerprint density at radius 2 is 1.85 bits per heavy atom. The molecule has 0 fully saturated rings. The SMILES string of the molecule is COc1cccc(NC(=O)Cn2c(C)cc(=O)c3cccc(OC)c32)c1. The van der Waals surface area contributed by atoms with Crippen LogP contribution in [0.25, 0.3) is 10.9 Å². The zero-order valence-corrected chi connectivity index (χ0v) is 14.9. The largest absolute Gasteiger partial charge is 0.497 e. The van der Waals surface area contributed by atoms with Gasteiger partial charge in [-0.05, 0) is 31.2 Å². The fourth-order valence-corrected chi connectivity index (χ4v) is 2.93. The fraction of sp³-hybridized carbons (Fsp3) is 0.200. The van der Waals surface area contributed by atoms with Gasteiger partial charge in [-0.25, -0.2) is 0 Å². The van der Waals surface area contributed by atoms with Gasteiger partial charge in [0.15, 0.2) is 5.43 Å². The van der Waals surface area contributed by atoms with E-state index in [1.54, 1.807) is 68.2 Å². The topological polar surface area (TPSA) is 69.6 Å². The van der Waals surface area contributed by atoms with Crippen LogP contribution in [0.1, 0.15) is 5.69 Å². The number of carbonyl (C=O) groups is 1. The average molecular weight is 352 g/mol. The van der Waals surface area contributed by atoms with E-state index in [-0.39, 0.29) is 17.9 Å². The maximum absolute atomic E-state index is 12.6. The average Bonchev–Trinajstić information content (AvgIpc) is 2.64. The molecule has 0 spiro atoms. The maximum Gasteiger partial charge on any atom is 0.244 e. The number of hydrogen-bond acceptors (Lipinski definition) is 4. The molecule has 3 rings (SSSR count). The van der Waals surface area contributed by atoms with Gasteiger partial charge in [-0.1, -0.05) is 12.1 Å². The summed E-state index contributed by atoms with van der Waals surface area (Å²) in [4.78, 5) is 24.9. The van der Waals surface area contributed by atoms with E-state index in [0.29, 0.717) is 33.8 Å². The molecule has 0 aliphatic rings. The number of benzene rings is 2. The number of ether oxygens (including phenoxy) is 2. The summed E-state index contributed by atoms with van der Waals surface area (Å²) in [5, 5.41) is 3.37. The number of aryl methyl sites for hydroxylation is 1. The highest BCUT2D eigenvalue weighted by Gasteiger charge is 2.14. The van der Waals surface area contributed by atoms with Crippen molar-refractivity contribution in [2.45, 2.75) is 13.5 Å². The number of fused-ring (bicyclic) bond motifs is 1. The van der Waals surface area contributed by atoms with Gasteiger partial charge in [0, 0.05) is 28.9 Å². The first kappa shape index (κ1) is 17.5. The van der Waals surface area contributed by atoms with Crippen LogP contribution in [0.4, 0.5) is 5.69 Å². The molecule has 0 aliphatic carbocycles. The van der Waals surface area contributed by atoms with Crippen LogP contribution < -0.4 is 20.2 Å². The highest BCUT2D eigenvalue weighted by molar-refractivity contribution is 5.93. The molecule has 6 heteroatoms. The summed E-state index contributed by atoms with van der Waals surface area (Å²) in [5.74, 6) is 1.00. The zero-order valence-electron chi connectivity index (χ0n) is 14.9. The van der Waals surface area contributed by atoms with E-state index < -0.39 is 0 Å². The second-order valence-electron chi connectivity index (χ2n) is 5.87. The first-order valence-corrected chi connectivity index (χ1v) is 8.14. The molecule has 1 heterocycles. The summed E-state index contributed by atoms with van der Waals surface area (Å²) >= 11 is 0. The van der Waals surface area contributed by atoms with Crippen molar-refractivity contribution in [2.24, 2.45) is 0 Å². The van der Waals surface area contributed by atoms with Crippen LogP contribution >= 0.6 is 0 Å². The van der Waals surface area contributed by atoms with Crippen LogP contribution in [0.3, 0.4) is 0 Å². The Morgan fingerprint density at radius 3 is 2.58 bits per heavy atom. The van der Waals surface area contributed by atoms with Crippen LogP contribution in [0.5, 0.6) is 11.5 Å². The Bertz CT molecular complexity index is 1020. The van der Waals surface area contributed by atoms with Gasteiger partial charge in [0.05, 0.1) is 19.7 Å². The predicted molar refractivity (Wildman–Crippen MR) is 101 cm³/mol. The lowest BCUT2D eigenvalue weighted by atomic mass is 10.1. The summed E-state index contributed by atoms with van der Waals surface area (Å²) in [6, 6.07) is 13.9. The summed E-state index contributed by atoms with van der Waals surface area (Å²) in [5.41, 5.74) is 1.85. The molecule has 6 nitrogen and oxygen atoms in total. The number of methoxy groups -OCH3 is 2. The van der Waals surface area contributed by atoms with Crippen molar-refractivity contribution in [3.63, 3.8) is 0 Å². The third kappa shape index (κ3) is 3.39. The molecule has 0 radical (unpaired) electrons. The second-order valence-corrected chi connectivity index (χ2v) is 5.87. The Kier molecular flexibility index (Phi) is 4.93. The molecule has 1 N–H and O–H groups in total. The number of anilines is 1. The highest BCUT2D eigenvalue weighted by Crippen LogP contribution is 2.24. The van der Waals surface area contributed by atoms with E-state index in [1.807, 2.05) is 0 Å². The quantitative estimate of drug-likeness (QED) is 0.766. The van der Waals surface area contributed by atoms with Crippen LogP contribution in [0.15, 0.2) is 53.3 Å². The van der Waals surface area contributed by atoms with E-state index in [1.165, 1.54) is 6.07 Å². The van der Waals surface area contributed by atoms with Crippen LogP contribution in [0, 0.1) is 6.92 Å². The van der Waals surface area contributed by atoms with E-state index in [4.69, 9.17) is 9.47 Å².